The maximum absolute atomic E-state index is 11.5. The molecular formula is C15H28ClNO4. The number of likely N-dealkylation sites (N-methyl/N-ethyl adjacent to an activating group) is 1. The number of alkyl halides is 1. The first-order valence-electron chi connectivity index (χ1n) is 7.71. The Bertz CT molecular complexity index is 287. The van der Waals surface area contributed by atoms with E-state index in [1.54, 1.807) is 0 Å². The van der Waals surface area contributed by atoms with Gasteiger partial charge in [-0.05, 0) is 6.42 Å². The van der Waals surface area contributed by atoms with Gasteiger partial charge in [-0.1, -0.05) is 45.4 Å². The fraction of sp³-hybridized carbons (Fsp3) is 0.867. The van der Waals surface area contributed by atoms with Crippen molar-refractivity contribution in [1.82, 2.24) is 4.90 Å². The number of hydrogen-bond acceptors (Lipinski definition) is 4. The van der Waals surface area contributed by atoms with E-state index >= 15 is 0 Å². The van der Waals surface area contributed by atoms with Crippen molar-refractivity contribution < 1.29 is 19.1 Å². The second kappa shape index (κ2) is 14.0. The van der Waals surface area contributed by atoms with E-state index in [9.17, 15) is 9.59 Å². The van der Waals surface area contributed by atoms with Gasteiger partial charge in [0.05, 0.1) is 12.5 Å². The monoisotopic (exact) mass is 321 g/mol. The molecule has 0 radical (unpaired) electrons. The second-order valence-corrected chi connectivity index (χ2v) is 5.38. The van der Waals surface area contributed by atoms with E-state index in [0.717, 1.165) is 12.8 Å². The second-order valence-electron chi connectivity index (χ2n) is 5.00. The fourth-order valence-corrected chi connectivity index (χ4v) is 1.86. The van der Waals surface area contributed by atoms with Gasteiger partial charge in [0.2, 0.25) is 0 Å². The highest BCUT2D eigenvalue weighted by molar-refractivity contribution is 6.18. The molecule has 0 saturated heterocycles. The lowest BCUT2D eigenvalue weighted by atomic mass is 10.1. The molecule has 0 bridgehead atoms. The van der Waals surface area contributed by atoms with Crippen molar-refractivity contribution in [3.8, 4) is 0 Å². The van der Waals surface area contributed by atoms with E-state index in [1.807, 2.05) is 0 Å². The van der Waals surface area contributed by atoms with Gasteiger partial charge in [-0.3, -0.25) is 4.79 Å². The Hall–Kier alpha value is -0.970. The number of esters is 1. The summed E-state index contributed by atoms with van der Waals surface area (Å²) < 4.78 is 9.87. The van der Waals surface area contributed by atoms with Crippen molar-refractivity contribution >= 4 is 23.7 Å². The van der Waals surface area contributed by atoms with Crippen LogP contribution in [0.4, 0.5) is 4.79 Å². The number of amides is 1. The van der Waals surface area contributed by atoms with Gasteiger partial charge >= 0.3 is 12.1 Å². The first-order valence-corrected chi connectivity index (χ1v) is 8.24. The van der Waals surface area contributed by atoms with Crippen molar-refractivity contribution in [2.75, 3.05) is 32.7 Å². The summed E-state index contributed by atoms with van der Waals surface area (Å²) in [5, 5.41) is 0. The number of ether oxygens (including phenoxy) is 2. The molecule has 5 nitrogen and oxygen atoms in total. The summed E-state index contributed by atoms with van der Waals surface area (Å²) in [5.74, 6) is -0.172. The van der Waals surface area contributed by atoms with Crippen LogP contribution < -0.4 is 0 Å². The first-order chi connectivity index (χ1) is 10.1. The van der Waals surface area contributed by atoms with Crippen molar-refractivity contribution in [2.45, 2.75) is 51.9 Å². The van der Waals surface area contributed by atoms with E-state index in [2.05, 4.69) is 6.92 Å². The molecule has 0 aromatic rings. The number of carbonyl (C=O) groups is 2. The lowest BCUT2D eigenvalue weighted by Gasteiger charge is -2.15. The average molecular weight is 322 g/mol. The van der Waals surface area contributed by atoms with Crippen LogP contribution in [0, 0.1) is 0 Å². The van der Waals surface area contributed by atoms with Crippen LogP contribution in [0.2, 0.25) is 0 Å². The zero-order valence-electron chi connectivity index (χ0n) is 13.2. The molecule has 0 aromatic carbocycles. The molecule has 124 valence electrons. The number of halogens is 1. The van der Waals surface area contributed by atoms with Crippen molar-refractivity contribution in [1.29, 1.82) is 0 Å². The molecule has 0 N–H and O–H groups in total. The van der Waals surface area contributed by atoms with Crippen LogP contribution in [0.5, 0.6) is 0 Å². The largest absolute Gasteiger partial charge is 0.464 e. The molecule has 0 aliphatic rings. The molecule has 21 heavy (non-hydrogen) atoms. The van der Waals surface area contributed by atoms with E-state index in [0.29, 0.717) is 6.61 Å². The number of rotatable bonds is 12. The van der Waals surface area contributed by atoms with Gasteiger partial charge in [-0.15, -0.1) is 11.6 Å². The first kappa shape index (κ1) is 20.0. The summed E-state index contributed by atoms with van der Waals surface area (Å²) in [7, 11) is 1.49. The summed E-state index contributed by atoms with van der Waals surface area (Å²) in [6.45, 7) is 2.65. The Morgan fingerprint density at radius 2 is 1.57 bits per heavy atom. The van der Waals surface area contributed by atoms with Crippen LogP contribution in [-0.4, -0.2) is 49.6 Å². The molecule has 0 fully saturated rings. The minimum absolute atomic E-state index is 0.0996. The Labute approximate surface area is 132 Å². The summed E-state index contributed by atoms with van der Waals surface area (Å²) in [4.78, 5) is 24.1. The van der Waals surface area contributed by atoms with Crippen molar-refractivity contribution in [2.24, 2.45) is 0 Å². The molecule has 0 rings (SSSR count). The predicted octanol–water partition coefficient (Wildman–Crippen LogP) is 3.59. The fourth-order valence-electron chi connectivity index (χ4n) is 1.79. The van der Waals surface area contributed by atoms with Crippen LogP contribution in [0.15, 0.2) is 0 Å². The topological polar surface area (TPSA) is 55.8 Å². The average Bonchev–Trinajstić information content (AvgIpc) is 2.47. The highest BCUT2D eigenvalue weighted by Crippen LogP contribution is 2.06. The molecule has 6 heteroatoms. The third kappa shape index (κ3) is 12.5. The maximum Gasteiger partial charge on any atom is 0.410 e. The summed E-state index contributed by atoms with van der Waals surface area (Å²) in [6.07, 6.45) is 7.64. The molecule has 0 aromatic heterocycles. The third-order valence-corrected chi connectivity index (χ3v) is 3.15. The van der Waals surface area contributed by atoms with Crippen LogP contribution in [0.25, 0.3) is 0 Å². The lowest BCUT2D eigenvalue weighted by molar-refractivity contribution is -0.144. The highest BCUT2D eigenvalue weighted by Gasteiger charge is 2.14. The number of hydrogen-bond donors (Lipinski definition) is 0. The standard InChI is InChI=1S/C15H28ClNO4/c1-3-4-5-6-7-8-9-11-20-14(18)13-17(2)15(19)21-12-10-16/h3-13H2,1-2H3. The van der Waals surface area contributed by atoms with Crippen molar-refractivity contribution in [3.63, 3.8) is 0 Å². The minimum atomic E-state index is -0.566. The molecule has 0 unspecified atom stereocenters. The SMILES string of the molecule is CCCCCCCCCOC(=O)CN(C)C(=O)OCCCl. The normalized spacial score (nSPS) is 10.2. The van der Waals surface area contributed by atoms with E-state index < -0.39 is 12.1 Å². The smallest absolute Gasteiger partial charge is 0.410 e. The predicted molar refractivity (Wildman–Crippen MR) is 83.7 cm³/mol. The lowest BCUT2D eigenvalue weighted by Crippen LogP contribution is -2.33. The van der Waals surface area contributed by atoms with Gasteiger partial charge in [0.25, 0.3) is 0 Å². The van der Waals surface area contributed by atoms with Gasteiger partial charge in [-0.2, -0.15) is 0 Å². The van der Waals surface area contributed by atoms with Gasteiger partial charge < -0.3 is 14.4 Å². The molecular weight excluding hydrogens is 294 g/mol. The summed E-state index contributed by atoms with van der Waals surface area (Å²) >= 11 is 5.41. The van der Waals surface area contributed by atoms with E-state index in [1.165, 1.54) is 44.1 Å². The maximum atomic E-state index is 11.5. The van der Waals surface area contributed by atoms with Crippen LogP contribution >= 0.6 is 11.6 Å². The van der Waals surface area contributed by atoms with Gasteiger partial charge in [0.1, 0.15) is 13.2 Å². The Balaban J connectivity index is 3.51. The quantitative estimate of drug-likeness (QED) is 0.313. The van der Waals surface area contributed by atoms with Crippen LogP contribution in [0.1, 0.15) is 51.9 Å². The molecule has 0 aliphatic heterocycles. The van der Waals surface area contributed by atoms with Crippen LogP contribution in [0.3, 0.4) is 0 Å². The molecule has 1 amide bonds. The Kier molecular flexibility index (Phi) is 13.3. The van der Waals surface area contributed by atoms with E-state index in [-0.39, 0.29) is 19.0 Å². The van der Waals surface area contributed by atoms with Gasteiger partial charge in [0.15, 0.2) is 0 Å². The van der Waals surface area contributed by atoms with Crippen molar-refractivity contribution in [3.05, 3.63) is 0 Å². The highest BCUT2D eigenvalue weighted by atomic mass is 35.5. The number of nitrogens with zero attached hydrogens (tertiary/aromatic N) is 1. The van der Waals surface area contributed by atoms with Gasteiger partial charge in [-0.25, -0.2) is 4.79 Å². The molecule has 0 saturated carbocycles. The summed E-state index contributed by atoms with van der Waals surface area (Å²) in [5.41, 5.74) is 0. The molecule has 0 heterocycles. The zero-order chi connectivity index (χ0) is 15.9. The van der Waals surface area contributed by atoms with E-state index in [4.69, 9.17) is 21.1 Å². The molecule has 0 aliphatic carbocycles. The minimum Gasteiger partial charge on any atom is -0.464 e. The third-order valence-electron chi connectivity index (χ3n) is 2.99. The zero-order valence-corrected chi connectivity index (χ0v) is 14.0. The molecule has 0 atom stereocenters. The Morgan fingerprint density at radius 1 is 0.952 bits per heavy atom. The van der Waals surface area contributed by atoms with Gasteiger partial charge in [0, 0.05) is 7.05 Å². The number of carbonyl (C=O) groups excluding carboxylic acids is 2. The van der Waals surface area contributed by atoms with Crippen LogP contribution in [-0.2, 0) is 14.3 Å². The molecule has 0 spiro atoms. The number of unbranched alkanes of at least 4 members (excludes halogenated alkanes) is 6. The summed E-state index contributed by atoms with van der Waals surface area (Å²) in [6, 6.07) is 0. The Morgan fingerprint density at radius 3 is 2.19 bits per heavy atom.